The first-order valence-electron chi connectivity index (χ1n) is 7.64. The number of benzene rings is 2. The minimum Gasteiger partial charge on any atom is -0.425 e. The Morgan fingerprint density at radius 2 is 1.77 bits per heavy atom. The second kappa shape index (κ2) is 9.14. The maximum atomic E-state index is 11.9. The van der Waals surface area contributed by atoms with Crippen LogP contribution in [0, 0.1) is 10.1 Å². The second-order valence-electron chi connectivity index (χ2n) is 5.24. The lowest BCUT2D eigenvalue weighted by Gasteiger charge is -2.13. The van der Waals surface area contributed by atoms with E-state index in [1.165, 1.54) is 31.2 Å². The Bertz CT molecular complexity index is 764. The van der Waals surface area contributed by atoms with Crippen molar-refractivity contribution >= 4 is 17.7 Å². The largest absolute Gasteiger partial charge is 0.425 e. The van der Waals surface area contributed by atoms with Crippen molar-refractivity contribution in [1.29, 1.82) is 0 Å². The molecule has 9 heteroatoms. The molecule has 2 amide bonds. The van der Waals surface area contributed by atoms with Gasteiger partial charge >= 0.3 is 12.0 Å². The van der Waals surface area contributed by atoms with Gasteiger partial charge in [-0.25, -0.2) is 15.1 Å². The third-order valence-electron chi connectivity index (χ3n) is 3.21. The molecule has 0 aliphatic rings. The highest BCUT2D eigenvalue weighted by molar-refractivity contribution is 5.84. The molecule has 0 aliphatic heterocycles. The minimum atomic E-state index is -0.953. The van der Waals surface area contributed by atoms with Gasteiger partial charge in [0.2, 0.25) is 0 Å². The van der Waals surface area contributed by atoms with Crippen molar-refractivity contribution in [2.45, 2.75) is 19.6 Å². The molecule has 0 heterocycles. The van der Waals surface area contributed by atoms with Crippen LogP contribution in [-0.2, 0) is 16.2 Å². The fourth-order valence-corrected chi connectivity index (χ4v) is 1.88. The molecule has 0 spiro atoms. The van der Waals surface area contributed by atoms with Gasteiger partial charge in [0.1, 0.15) is 11.8 Å². The number of esters is 1. The minimum absolute atomic E-state index is 0.120. The zero-order valence-corrected chi connectivity index (χ0v) is 13.9. The summed E-state index contributed by atoms with van der Waals surface area (Å²) in [5.74, 6) is -0.591. The number of nitro groups is 1. The molecule has 0 bridgehead atoms. The lowest BCUT2D eigenvalue weighted by molar-refractivity contribution is -0.384. The normalized spacial score (nSPS) is 11.3. The van der Waals surface area contributed by atoms with E-state index in [9.17, 15) is 19.7 Å². The molecule has 2 aromatic rings. The van der Waals surface area contributed by atoms with Crippen LogP contribution in [0.3, 0.4) is 0 Å². The Balaban J connectivity index is 1.75. The number of urea groups is 1. The number of hydrogen-bond acceptors (Lipinski definition) is 6. The van der Waals surface area contributed by atoms with Gasteiger partial charge in [0.15, 0.2) is 0 Å². The molecule has 0 saturated carbocycles. The summed E-state index contributed by atoms with van der Waals surface area (Å²) in [6, 6.07) is 12.6. The number of non-ortho nitro benzene ring substituents is 1. The van der Waals surface area contributed by atoms with E-state index in [-0.39, 0.29) is 18.0 Å². The quantitative estimate of drug-likeness (QED) is 0.339. The second-order valence-corrected chi connectivity index (χ2v) is 5.24. The highest BCUT2D eigenvalue weighted by Crippen LogP contribution is 2.17. The Labute approximate surface area is 149 Å². The number of nitrogens with one attached hydrogen (secondary N) is 2. The van der Waals surface area contributed by atoms with Crippen LogP contribution in [0.4, 0.5) is 10.5 Å². The van der Waals surface area contributed by atoms with Gasteiger partial charge in [-0.2, -0.15) is 0 Å². The van der Waals surface area contributed by atoms with Crippen molar-refractivity contribution < 1.29 is 24.1 Å². The number of carbonyl (C=O) groups is 2. The fraction of sp³-hybridized carbons (Fsp3) is 0.176. The van der Waals surface area contributed by atoms with Gasteiger partial charge in [-0.1, -0.05) is 30.3 Å². The number of nitro benzene ring substituents is 1. The molecule has 2 rings (SSSR count). The lowest BCUT2D eigenvalue weighted by atomic mass is 10.2. The summed E-state index contributed by atoms with van der Waals surface area (Å²) >= 11 is 0. The molecule has 0 saturated heterocycles. The summed E-state index contributed by atoms with van der Waals surface area (Å²) in [5, 5.41) is 12.9. The molecule has 26 heavy (non-hydrogen) atoms. The van der Waals surface area contributed by atoms with E-state index in [2.05, 4.69) is 10.8 Å². The van der Waals surface area contributed by atoms with Crippen LogP contribution < -0.4 is 15.5 Å². The molecule has 0 radical (unpaired) electrons. The number of rotatable bonds is 7. The molecule has 2 N–H and O–H groups in total. The molecule has 0 aromatic heterocycles. The lowest BCUT2D eigenvalue weighted by Crippen LogP contribution is -2.45. The van der Waals surface area contributed by atoms with Crippen molar-refractivity contribution in [3.63, 3.8) is 0 Å². The van der Waals surface area contributed by atoms with E-state index in [1.807, 2.05) is 30.3 Å². The van der Waals surface area contributed by atoms with Crippen LogP contribution in [0.25, 0.3) is 0 Å². The number of ether oxygens (including phenoxy) is 1. The molecular formula is C17H17N3O6. The van der Waals surface area contributed by atoms with Crippen LogP contribution in [-0.4, -0.2) is 23.0 Å². The Hall–Kier alpha value is -3.46. The molecular weight excluding hydrogens is 342 g/mol. The summed E-state index contributed by atoms with van der Waals surface area (Å²) < 4.78 is 5.04. The first-order valence-corrected chi connectivity index (χ1v) is 7.64. The number of amides is 2. The van der Waals surface area contributed by atoms with Crippen molar-refractivity contribution in [2.75, 3.05) is 0 Å². The first-order chi connectivity index (χ1) is 12.5. The maximum absolute atomic E-state index is 11.9. The maximum Gasteiger partial charge on any atom is 0.339 e. The number of hydroxylamine groups is 1. The van der Waals surface area contributed by atoms with Gasteiger partial charge in [-0.05, 0) is 24.6 Å². The van der Waals surface area contributed by atoms with Crippen LogP contribution >= 0.6 is 0 Å². The van der Waals surface area contributed by atoms with E-state index in [0.717, 1.165) is 5.56 Å². The summed E-state index contributed by atoms with van der Waals surface area (Å²) in [7, 11) is 0. The number of nitrogens with zero attached hydrogens (tertiary/aromatic N) is 1. The smallest absolute Gasteiger partial charge is 0.339 e. The van der Waals surface area contributed by atoms with Crippen LogP contribution in [0.2, 0.25) is 0 Å². The standard InChI is InChI=1S/C17H17N3O6/c1-12(16(21)26-15-9-7-14(8-10-15)20(23)24)18-17(22)19-25-11-13-5-3-2-4-6-13/h2-10,12H,11H2,1H3,(H2,18,19,22)/t12-/m0/s1. The van der Waals surface area contributed by atoms with E-state index in [1.54, 1.807) is 0 Å². The highest BCUT2D eigenvalue weighted by Gasteiger charge is 2.18. The molecule has 1 atom stereocenters. The molecule has 9 nitrogen and oxygen atoms in total. The van der Waals surface area contributed by atoms with Crippen molar-refractivity contribution in [2.24, 2.45) is 0 Å². The number of carbonyl (C=O) groups excluding carboxylic acids is 2. The van der Waals surface area contributed by atoms with Crippen molar-refractivity contribution in [1.82, 2.24) is 10.8 Å². The van der Waals surface area contributed by atoms with Crippen LogP contribution in [0.1, 0.15) is 12.5 Å². The van der Waals surface area contributed by atoms with Crippen LogP contribution in [0.5, 0.6) is 5.75 Å². The first kappa shape index (κ1) is 18.9. The monoisotopic (exact) mass is 359 g/mol. The Morgan fingerprint density at radius 3 is 2.38 bits per heavy atom. The van der Waals surface area contributed by atoms with Gasteiger partial charge < -0.3 is 10.1 Å². The van der Waals surface area contributed by atoms with Crippen molar-refractivity contribution in [3.05, 3.63) is 70.3 Å². The fourth-order valence-electron chi connectivity index (χ4n) is 1.88. The SMILES string of the molecule is C[C@H](NC(=O)NOCc1ccccc1)C(=O)Oc1ccc([N+](=O)[O-])cc1. The number of hydrogen-bond donors (Lipinski definition) is 2. The molecule has 136 valence electrons. The van der Waals surface area contributed by atoms with E-state index in [4.69, 9.17) is 9.57 Å². The van der Waals surface area contributed by atoms with E-state index in [0.29, 0.717) is 0 Å². The Kier molecular flexibility index (Phi) is 6.63. The van der Waals surface area contributed by atoms with E-state index >= 15 is 0 Å². The van der Waals surface area contributed by atoms with Gasteiger partial charge in [0, 0.05) is 12.1 Å². The van der Waals surface area contributed by atoms with E-state index < -0.39 is 23.0 Å². The zero-order chi connectivity index (χ0) is 18.9. The topological polar surface area (TPSA) is 120 Å². The third-order valence-corrected chi connectivity index (χ3v) is 3.21. The molecule has 0 unspecified atom stereocenters. The molecule has 2 aromatic carbocycles. The van der Waals surface area contributed by atoms with Gasteiger partial charge in [-0.15, -0.1) is 0 Å². The van der Waals surface area contributed by atoms with Gasteiger partial charge in [0.25, 0.3) is 5.69 Å². The molecule has 0 fully saturated rings. The summed E-state index contributed by atoms with van der Waals surface area (Å²) in [4.78, 5) is 38.7. The average Bonchev–Trinajstić information content (AvgIpc) is 2.63. The highest BCUT2D eigenvalue weighted by atomic mass is 16.7. The summed E-state index contributed by atoms with van der Waals surface area (Å²) in [6.45, 7) is 1.61. The van der Waals surface area contributed by atoms with Crippen LogP contribution in [0.15, 0.2) is 54.6 Å². The average molecular weight is 359 g/mol. The van der Waals surface area contributed by atoms with Gasteiger partial charge in [0.05, 0.1) is 11.5 Å². The molecule has 0 aliphatic carbocycles. The predicted octanol–water partition coefficient (Wildman–Crippen LogP) is 2.32. The predicted molar refractivity (Wildman–Crippen MR) is 91.1 cm³/mol. The van der Waals surface area contributed by atoms with Gasteiger partial charge in [-0.3, -0.25) is 15.0 Å². The van der Waals surface area contributed by atoms with Crippen molar-refractivity contribution in [3.8, 4) is 5.75 Å². The Morgan fingerprint density at radius 1 is 1.12 bits per heavy atom. The zero-order valence-electron chi connectivity index (χ0n) is 13.9. The summed E-state index contributed by atoms with van der Waals surface area (Å²) in [5.41, 5.74) is 2.92. The third kappa shape index (κ3) is 5.87. The summed E-state index contributed by atoms with van der Waals surface area (Å²) in [6.07, 6.45) is 0.